The molecule has 3 nitrogen and oxygen atoms in total. The Kier molecular flexibility index (Phi) is 5.74. The van der Waals surface area contributed by atoms with Gasteiger partial charge in [-0.2, -0.15) is 0 Å². The normalized spacial score (nSPS) is 10.5. The Morgan fingerprint density at radius 3 is 2.40 bits per heavy atom. The van der Waals surface area contributed by atoms with E-state index in [1.54, 1.807) is 6.26 Å². The standard InChI is InChI=1S/C20H19ClN2OS/c1-15-4-6-16(7-5-15)13-23(14-19-3-2-12-24-19)20(25)22-18-10-8-17(21)9-11-18/h2-12H,13-14H2,1H3,(H,22,25). The molecule has 0 amide bonds. The molecule has 3 rings (SSSR count). The average molecular weight is 371 g/mol. The molecule has 1 aromatic heterocycles. The smallest absolute Gasteiger partial charge is 0.174 e. The Morgan fingerprint density at radius 2 is 1.76 bits per heavy atom. The van der Waals surface area contributed by atoms with Crippen molar-refractivity contribution in [3.63, 3.8) is 0 Å². The van der Waals surface area contributed by atoms with Crippen LogP contribution in [-0.4, -0.2) is 10.0 Å². The van der Waals surface area contributed by atoms with Gasteiger partial charge in [-0.05, 0) is 61.1 Å². The van der Waals surface area contributed by atoms with Gasteiger partial charge in [0.25, 0.3) is 0 Å². The van der Waals surface area contributed by atoms with E-state index in [4.69, 9.17) is 28.2 Å². The third-order valence-electron chi connectivity index (χ3n) is 3.80. The van der Waals surface area contributed by atoms with Crippen molar-refractivity contribution in [3.8, 4) is 0 Å². The topological polar surface area (TPSA) is 28.4 Å². The predicted octanol–water partition coefficient (Wildman–Crippen LogP) is 5.64. The molecule has 128 valence electrons. The summed E-state index contributed by atoms with van der Waals surface area (Å²) in [5, 5.41) is 4.61. The van der Waals surface area contributed by atoms with Gasteiger partial charge >= 0.3 is 0 Å². The van der Waals surface area contributed by atoms with Crippen LogP contribution in [0.25, 0.3) is 0 Å². The van der Waals surface area contributed by atoms with Crippen LogP contribution in [0.3, 0.4) is 0 Å². The number of hydrogen-bond donors (Lipinski definition) is 1. The van der Waals surface area contributed by atoms with Crippen molar-refractivity contribution < 1.29 is 4.42 Å². The minimum atomic E-state index is 0.598. The van der Waals surface area contributed by atoms with Crippen LogP contribution in [0.5, 0.6) is 0 Å². The Hall–Kier alpha value is -2.30. The molecule has 0 saturated carbocycles. The lowest BCUT2D eigenvalue weighted by molar-refractivity contribution is 0.360. The fourth-order valence-corrected chi connectivity index (χ4v) is 2.81. The van der Waals surface area contributed by atoms with E-state index in [0.717, 1.165) is 11.4 Å². The molecule has 0 aliphatic rings. The molecule has 0 aliphatic carbocycles. The van der Waals surface area contributed by atoms with E-state index in [1.165, 1.54) is 11.1 Å². The molecule has 2 aromatic carbocycles. The second-order valence-corrected chi connectivity index (χ2v) is 6.68. The summed E-state index contributed by atoms with van der Waals surface area (Å²) in [6.45, 7) is 3.37. The molecule has 1 N–H and O–H groups in total. The number of hydrogen-bond acceptors (Lipinski definition) is 2. The van der Waals surface area contributed by atoms with Crippen molar-refractivity contribution in [2.45, 2.75) is 20.0 Å². The number of rotatable bonds is 5. The molecule has 5 heteroatoms. The summed E-state index contributed by atoms with van der Waals surface area (Å²) >= 11 is 11.6. The molecule has 0 radical (unpaired) electrons. The maximum absolute atomic E-state index is 5.94. The van der Waals surface area contributed by atoms with Crippen molar-refractivity contribution in [3.05, 3.63) is 88.8 Å². The lowest BCUT2D eigenvalue weighted by atomic mass is 10.1. The van der Waals surface area contributed by atoms with Crippen LogP contribution in [0.4, 0.5) is 5.69 Å². The second-order valence-electron chi connectivity index (χ2n) is 5.86. The van der Waals surface area contributed by atoms with Gasteiger partial charge in [0.05, 0.1) is 12.8 Å². The predicted molar refractivity (Wildman–Crippen MR) is 107 cm³/mol. The number of nitrogens with one attached hydrogen (secondary N) is 1. The summed E-state index contributed by atoms with van der Waals surface area (Å²) in [6, 6.07) is 19.8. The van der Waals surface area contributed by atoms with E-state index >= 15 is 0 Å². The first kappa shape index (κ1) is 17.5. The molecule has 0 atom stereocenters. The maximum Gasteiger partial charge on any atom is 0.174 e. The van der Waals surface area contributed by atoms with Crippen molar-refractivity contribution in [2.24, 2.45) is 0 Å². The number of thiocarbonyl (C=S) groups is 1. The first-order valence-corrected chi connectivity index (χ1v) is 8.78. The quantitative estimate of drug-likeness (QED) is 0.588. The summed E-state index contributed by atoms with van der Waals surface area (Å²) in [4.78, 5) is 2.08. The fourth-order valence-electron chi connectivity index (χ4n) is 2.44. The summed E-state index contributed by atoms with van der Waals surface area (Å²) in [7, 11) is 0. The lowest BCUT2D eigenvalue weighted by Crippen LogP contribution is -2.33. The van der Waals surface area contributed by atoms with Crippen molar-refractivity contribution in [2.75, 3.05) is 5.32 Å². The van der Waals surface area contributed by atoms with Gasteiger partial charge in [0, 0.05) is 17.3 Å². The molecule has 25 heavy (non-hydrogen) atoms. The number of aryl methyl sites for hydroxylation is 1. The van der Waals surface area contributed by atoms with Crippen LogP contribution in [-0.2, 0) is 13.1 Å². The van der Waals surface area contributed by atoms with Gasteiger partial charge in [-0.3, -0.25) is 0 Å². The highest BCUT2D eigenvalue weighted by molar-refractivity contribution is 7.80. The zero-order chi connectivity index (χ0) is 17.6. The SMILES string of the molecule is Cc1ccc(CN(Cc2ccco2)C(=S)Nc2ccc(Cl)cc2)cc1. The first-order valence-electron chi connectivity index (χ1n) is 7.99. The van der Waals surface area contributed by atoms with Gasteiger partial charge in [0.2, 0.25) is 0 Å². The van der Waals surface area contributed by atoms with Crippen LogP contribution in [0.1, 0.15) is 16.9 Å². The Labute approximate surface area is 158 Å². The van der Waals surface area contributed by atoms with E-state index < -0.39 is 0 Å². The maximum atomic E-state index is 5.94. The van der Waals surface area contributed by atoms with Crippen LogP contribution in [0, 0.1) is 6.92 Å². The van der Waals surface area contributed by atoms with E-state index in [0.29, 0.717) is 23.2 Å². The number of furan rings is 1. The van der Waals surface area contributed by atoms with Gasteiger partial charge in [-0.15, -0.1) is 0 Å². The second kappa shape index (κ2) is 8.19. The van der Waals surface area contributed by atoms with Crippen LogP contribution in [0.15, 0.2) is 71.3 Å². The highest BCUT2D eigenvalue weighted by Crippen LogP contribution is 2.17. The van der Waals surface area contributed by atoms with Crippen LogP contribution < -0.4 is 5.32 Å². The number of anilines is 1. The third-order valence-corrected chi connectivity index (χ3v) is 4.42. The average Bonchev–Trinajstić information content (AvgIpc) is 3.11. The van der Waals surface area contributed by atoms with E-state index in [-0.39, 0.29) is 0 Å². The van der Waals surface area contributed by atoms with Crippen molar-refractivity contribution in [1.82, 2.24) is 4.90 Å². The number of nitrogens with zero attached hydrogens (tertiary/aromatic N) is 1. The highest BCUT2D eigenvalue weighted by Gasteiger charge is 2.13. The van der Waals surface area contributed by atoms with E-state index in [2.05, 4.69) is 41.4 Å². The monoisotopic (exact) mass is 370 g/mol. The molecule has 0 bridgehead atoms. The molecule has 1 heterocycles. The van der Waals surface area contributed by atoms with Gasteiger partial charge in [-0.25, -0.2) is 0 Å². The first-order chi connectivity index (χ1) is 12.1. The Balaban J connectivity index is 1.75. The molecule has 0 saturated heterocycles. The molecular weight excluding hydrogens is 352 g/mol. The molecule has 0 unspecified atom stereocenters. The lowest BCUT2D eigenvalue weighted by Gasteiger charge is -2.25. The van der Waals surface area contributed by atoms with Gasteiger partial charge < -0.3 is 14.6 Å². The number of benzene rings is 2. The molecular formula is C20H19ClN2OS. The highest BCUT2D eigenvalue weighted by atomic mass is 35.5. The zero-order valence-corrected chi connectivity index (χ0v) is 15.5. The zero-order valence-electron chi connectivity index (χ0n) is 13.9. The molecule has 0 spiro atoms. The Morgan fingerprint density at radius 1 is 1.04 bits per heavy atom. The van der Waals surface area contributed by atoms with E-state index in [1.807, 2.05) is 36.4 Å². The van der Waals surface area contributed by atoms with Gasteiger partial charge in [0.1, 0.15) is 5.76 Å². The van der Waals surface area contributed by atoms with E-state index in [9.17, 15) is 0 Å². The third kappa shape index (κ3) is 5.08. The van der Waals surface area contributed by atoms with Crippen LogP contribution >= 0.6 is 23.8 Å². The minimum absolute atomic E-state index is 0.598. The summed E-state index contributed by atoms with van der Waals surface area (Å²) in [5.41, 5.74) is 3.34. The summed E-state index contributed by atoms with van der Waals surface area (Å²) in [6.07, 6.45) is 1.68. The largest absolute Gasteiger partial charge is 0.467 e. The van der Waals surface area contributed by atoms with Crippen LogP contribution in [0.2, 0.25) is 5.02 Å². The number of halogens is 1. The minimum Gasteiger partial charge on any atom is -0.467 e. The van der Waals surface area contributed by atoms with Gasteiger partial charge in [0.15, 0.2) is 5.11 Å². The Bertz CT molecular complexity index is 814. The molecule has 0 aliphatic heterocycles. The van der Waals surface area contributed by atoms with Gasteiger partial charge in [-0.1, -0.05) is 41.4 Å². The fraction of sp³-hybridized carbons (Fsp3) is 0.150. The molecule has 3 aromatic rings. The summed E-state index contributed by atoms with van der Waals surface area (Å²) in [5.74, 6) is 0.868. The molecule has 0 fully saturated rings. The summed E-state index contributed by atoms with van der Waals surface area (Å²) < 4.78 is 5.49. The van der Waals surface area contributed by atoms with Crippen molar-refractivity contribution in [1.29, 1.82) is 0 Å². The van der Waals surface area contributed by atoms with Crippen molar-refractivity contribution >= 4 is 34.6 Å².